The van der Waals surface area contributed by atoms with Gasteiger partial charge in [-0.15, -0.1) is 0 Å². The number of amides is 1. The number of carbonyl (C=O) groups is 1. The normalized spacial score (nSPS) is 21.3. The number of hydrogen-bond donors (Lipinski definition) is 2. The molecule has 1 heterocycles. The number of aliphatic hydroxyl groups excluding tert-OH is 1. The molecule has 2 N–H and O–H groups in total. The minimum atomic E-state index is 0.0115. The smallest absolute Gasteiger partial charge is 0.239 e. The molecule has 1 atom stereocenters. The molecule has 4 heteroatoms. The summed E-state index contributed by atoms with van der Waals surface area (Å²) in [4.78, 5) is 13.8. The molecule has 0 aromatic rings. The summed E-state index contributed by atoms with van der Waals surface area (Å²) in [5, 5.41) is 12.0. The molecule has 1 aliphatic heterocycles. The van der Waals surface area contributed by atoms with Crippen molar-refractivity contribution in [1.82, 2.24) is 10.2 Å². The van der Waals surface area contributed by atoms with Crippen LogP contribution in [0.1, 0.15) is 32.6 Å². The minimum absolute atomic E-state index is 0.0115. The fourth-order valence-corrected chi connectivity index (χ4v) is 1.97. The van der Waals surface area contributed by atoms with E-state index in [2.05, 4.69) is 5.32 Å². The van der Waals surface area contributed by atoms with E-state index >= 15 is 0 Å². The Morgan fingerprint density at radius 3 is 2.87 bits per heavy atom. The average molecular weight is 214 g/mol. The van der Waals surface area contributed by atoms with Gasteiger partial charge < -0.3 is 15.3 Å². The zero-order chi connectivity index (χ0) is 11.1. The SMILES string of the molecule is CCN(CCCO)C(=O)[C@@H]1CCCCN1. The summed E-state index contributed by atoms with van der Waals surface area (Å²) in [5.41, 5.74) is 0. The molecule has 1 amide bonds. The lowest BCUT2D eigenvalue weighted by Gasteiger charge is -2.29. The van der Waals surface area contributed by atoms with Crippen molar-refractivity contribution in [1.29, 1.82) is 0 Å². The second-order valence-electron chi connectivity index (χ2n) is 4.00. The van der Waals surface area contributed by atoms with E-state index < -0.39 is 0 Å². The van der Waals surface area contributed by atoms with Gasteiger partial charge in [-0.3, -0.25) is 4.79 Å². The van der Waals surface area contributed by atoms with Crippen molar-refractivity contribution < 1.29 is 9.90 Å². The Balaban J connectivity index is 2.40. The maximum Gasteiger partial charge on any atom is 0.239 e. The van der Waals surface area contributed by atoms with Crippen LogP contribution in [0.4, 0.5) is 0 Å². The van der Waals surface area contributed by atoms with Gasteiger partial charge >= 0.3 is 0 Å². The maximum atomic E-state index is 12.0. The first-order valence-electron chi connectivity index (χ1n) is 5.92. The van der Waals surface area contributed by atoms with Gasteiger partial charge in [0.2, 0.25) is 5.91 Å². The quantitative estimate of drug-likeness (QED) is 0.695. The van der Waals surface area contributed by atoms with E-state index in [4.69, 9.17) is 5.11 Å². The predicted molar refractivity (Wildman–Crippen MR) is 59.6 cm³/mol. The Morgan fingerprint density at radius 2 is 2.33 bits per heavy atom. The highest BCUT2D eigenvalue weighted by atomic mass is 16.3. The van der Waals surface area contributed by atoms with Crippen LogP contribution in [0.2, 0.25) is 0 Å². The second kappa shape index (κ2) is 6.80. The molecule has 1 rings (SSSR count). The van der Waals surface area contributed by atoms with Crippen molar-refractivity contribution in [2.24, 2.45) is 0 Å². The van der Waals surface area contributed by atoms with E-state index in [-0.39, 0.29) is 18.6 Å². The lowest BCUT2D eigenvalue weighted by Crippen LogP contribution is -2.48. The molecule has 0 aromatic carbocycles. The Hall–Kier alpha value is -0.610. The van der Waals surface area contributed by atoms with E-state index in [0.29, 0.717) is 13.0 Å². The van der Waals surface area contributed by atoms with Gasteiger partial charge in [0.15, 0.2) is 0 Å². The molecule has 0 radical (unpaired) electrons. The number of hydrogen-bond acceptors (Lipinski definition) is 3. The van der Waals surface area contributed by atoms with E-state index in [0.717, 1.165) is 25.9 Å². The third kappa shape index (κ3) is 3.80. The van der Waals surface area contributed by atoms with E-state index in [9.17, 15) is 4.79 Å². The fraction of sp³-hybridized carbons (Fsp3) is 0.909. The first-order chi connectivity index (χ1) is 7.29. The average Bonchev–Trinajstić information content (AvgIpc) is 2.31. The number of nitrogens with one attached hydrogen (secondary N) is 1. The number of rotatable bonds is 5. The standard InChI is InChI=1S/C11H22N2O2/c1-2-13(8-5-9-14)11(15)10-6-3-4-7-12-10/h10,12,14H,2-9H2,1H3/t10-/m0/s1. The molecule has 88 valence electrons. The van der Waals surface area contributed by atoms with E-state index in [1.807, 2.05) is 11.8 Å². The molecule has 0 unspecified atom stereocenters. The van der Waals surface area contributed by atoms with Crippen LogP contribution in [0.15, 0.2) is 0 Å². The number of nitrogens with zero attached hydrogens (tertiary/aromatic N) is 1. The molecular weight excluding hydrogens is 192 g/mol. The maximum absolute atomic E-state index is 12.0. The topological polar surface area (TPSA) is 52.6 Å². The highest BCUT2D eigenvalue weighted by Gasteiger charge is 2.24. The van der Waals surface area contributed by atoms with Crippen LogP contribution >= 0.6 is 0 Å². The Kier molecular flexibility index (Phi) is 5.65. The zero-order valence-electron chi connectivity index (χ0n) is 9.54. The third-order valence-electron chi connectivity index (χ3n) is 2.89. The Morgan fingerprint density at radius 1 is 1.53 bits per heavy atom. The van der Waals surface area contributed by atoms with Crippen molar-refractivity contribution in [3.8, 4) is 0 Å². The van der Waals surface area contributed by atoms with Gasteiger partial charge in [0.05, 0.1) is 6.04 Å². The summed E-state index contributed by atoms with van der Waals surface area (Å²) in [6.45, 7) is 4.50. The van der Waals surface area contributed by atoms with Crippen LogP contribution in [0.3, 0.4) is 0 Å². The Bertz CT molecular complexity index is 191. The summed E-state index contributed by atoms with van der Waals surface area (Å²) in [5.74, 6) is 0.200. The van der Waals surface area contributed by atoms with Gasteiger partial charge in [-0.2, -0.15) is 0 Å². The number of likely N-dealkylation sites (N-methyl/N-ethyl adjacent to an activating group) is 1. The minimum Gasteiger partial charge on any atom is -0.396 e. The van der Waals surface area contributed by atoms with Crippen LogP contribution in [0, 0.1) is 0 Å². The summed E-state index contributed by atoms with van der Waals surface area (Å²) in [7, 11) is 0. The largest absolute Gasteiger partial charge is 0.396 e. The van der Waals surface area contributed by atoms with Gasteiger partial charge in [0, 0.05) is 19.7 Å². The molecule has 4 nitrogen and oxygen atoms in total. The molecule has 1 saturated heterocycles. The zero-order valence-corrected chi connectivity index (χ0v) is 9.54. The van der Waals surface area contributed by atoms with Crippen molar-refractivity contribution in [3.63, 3.8) is 0 Å². The predicted octanol–water partition coefficient (Wildman–Crippen LogP) is 0.359. The van der Waals surface area contributed by atoms with Crippen molar-refractivity contribution in [2.75, 3.05) is 26.2 Å². The lowest BCUT2D eigenvalue weighted by molar-refractivity contribution is -0.134. The summed E-state index contributed by atoms with van der Waals surface area (Å²) in [6.07, 6.45) is 3.94. The molecule has 1 aliphatic rings. The number of piperidine rings is 1. The van der Waals surface area contributed by atoms with Crippen molar-refractivity contribution in [2.45, 2.75) is 38.6 Å². The van der Waals surface area contributed by atoms with Crippen LogP contribution in [-0.2, 0) is 4.79 Å². The molecule has 0 saturated carbocycles. The van der Waals surface area contributed by atoms with E-state index in [1.165, 1.54) is 6.42 Å². The van der Waals surface area contributed by atoms with Gasteiger partial charge in [-0.05, 0) is 32.7 Å². The fourth-order valence-electron chi connectivity index (χ4n) is 1.97. The van der Waals surface area contributed by atoms with Crippen LogP contribution < -0.4 is 5.32 Å². The first kappa shape index (κ1) is 12.5. The van der Waals surface area contributed by atoms with Crippen LogP contribution in [0.25, 0.3) is 0 Å². The van der Waals surface area contributed by atoms with Crippen molar-refractivity contribution in [3.05, 3.63) is 0 Å². The monoisotopic (exact) mass is 214 g/mol. The summed E-state index contributed by atoms with van der Waals surface area (Å²) < 4.78 is 0. The first-order valence-corrected chi connectivity index (χ1v) is 5.92. The lowest BCUT2D eigenvalue weighted by atomic mass is 10.0. The van der Waals surface area contributed by atoms with Crippen LogP contribution in [-0.4, -0.2) is 48.2 Å². The second-order valence-corrected chi connectivity index (χ2v) is 4.00. The number of carbonyl (C=O) groups excluding carboxylic acids is 1. The van der Waals surface area contributed by atoms with Gasteiger partial charge in [-0.25, -0.2) is 0 Å². The van der Waals surface area contributed by atoms with Gasteiger partial charge in [0.25, 0.3) is 0 Å². The third-order valence-corrected chi connectivity index (χ3v) is 2.89. The summed E-state index contributed by atoms with van der Waals surface area (Å²) in [6, 6.07) is 0.0115. The highest BCUT2D eigenvalue weighted by Crippen LogP contribution is 2.10. The molecule has 0 spiro atoms. The molecule has 15 heavy (non-hydrogen) atoms. The van der Waals surface area contributed by atoms with Gasteiger partial charge in [0.1, 0.15) is 0 Å². The molecule has 0 aliphatic carbocycles. The molecule has 0 bridgehead atoms. The van der Waals surface area contributed by atoms with Crippen LogP contribution in [0.5, 0.6) is 0 Å². The molecular formula is C11H22N2O2. The number of aliphatic hydroxyl groups is 1. The summed E-state index contributed by atoms with van der Waals surface area (Å²) >= 11 is 0. The Labute approximate surface area is 91.6 Å². The molecule has 0 aromatic heterocycles. The molecule has 1 fully saturated rings. The van der Waals surface area contributed by atoms with Crippen molar-refractivity contribution >= 4 is 5.91 Å². The highest BCUT2D eigenvalue weighted by molar-refractivity contribution is 5.81. The van der Waals surface area contributed by atoms with E-state index in [1.54, 1.807) is 0 Å². The van der Waals surface area contributed by atoms with Gasteiger partial charge in [-0.1, -0.05) is 6.42 Å².